The molecule has 3 aromatic rings. The Hall–Kier alpha value is -2.72. The summed E-state index contributed by atoms with van der Waals surface area (Å²) in [6.45, 7) is 0. The molecule has 0 amide bonds. The Labute approximate surface area is 148 Å². The van der Waals surface area contributed by atoms with Crippen molar-refractivity contribution in [3.63, 3.8) is 0 Å². The van der Waals surface area contributed by atoms with Crippen molar-refractivity contribution in [1.82, 2.24) is 0 Å². The van der Waals surface area contributed by atoms with Gasteiger partial charge in [0.05, 0.1) is 0 Å². The highest BCUT2D eigenvalue weighted by Gasteiger charge is 2.13. The average Bonchev–Trinajstić information content (AvgIpc) is 2.58. The third kappa shape index (κ3) is 3.44. The second kappa shape index (κ2) is 6.81. The van der Waals surface area contributed by atoms with E-state index in [1.807, 2.05) is 30.3 Å². The summed E-state index contributed by atoms with van der Waals surface area (Å²) in [7, 11) is 0. The van der Waals surface area contributed by atoms with Crippen LogP contribution in [0.15, 0.2) is 72.8 Å². The molecule has 0 radical (unpaired) electrons. The van der Waals surface area contributed by atoms with Crippen LogP contribution in [0.3, 0.4) is 0 Å². The van der Waals surface area contributed by atoms with Crippen LogP contribution < -0.4 is 0 Å². The van der Waals surface area contributed by atoms with Gasteiger partial charge in [0.15, 0.2) is 0 Å². The van der Waals surface area contributed by atoms with Crippen molar-refractivity contribution < 1.29 is 15.3 Å². The Morgan fingerprint density at radius 2 is 1.08 bits per heavy atom. The van der Waals surface area contributed by atoms with Gasteiger partial charge in [-0.05, 0) is 69.0 Å². The van der Waals surface area contributed by atoms with E-state index in [4.69, 9.17) is 0 Å². The largest absolute Gasteiger partial charge is 0.508 e. The standard InChI is InChI=1S/C20H15BrO3/c21-20(15-2-1-3-18(24)12-15)19(13-4-8-16(22)9-5-13)14-6-10-17(23)11-7-14/h1-12,22-24H. The van der Waals surface area contributed by atoms with Crippen LogP contribution in [-0.2, 0) is 0 Å². The average molecular weight is 383 g/mol. The summed E-state index contributed by atoms with van der Waals surface area (Å²) < 4.78 is 0.801. The number of phenols is 3. The van der Waals surface area contributed by atoms with E-state index in [0.29, 0.717) is 0 Å². The van der Waals surface area contributed by atoms with E-state index in [9.17, 15) is 15.3 Å². The maximum Gasteiger partial charge on any atom is 0.116 e. The van der Waals surface area contributed by atoms with Crippen molar-refractivity contribution in [2.45, 2.75) is 0 Å². The zero-order valence-corrected chi connectivity index (χ0v) is 14.2. The van der Waals surface area contributed by atoms with E-state index >= 15 is 0 Å². The van der Waals surface area contributed by atoms with Crippen molar-refractivity contribution in [1.29, 1.82) is 0 Å². The minimum Gasteiger partial charge on any atom is -0.508 e. The first-order valence-corrected chi connectivity index (χ1v) is 8.12. The van der Waals surface area contributed by atoms with Gasteiger partial charge >= 0.3 is 0 Å². The van der Waals surface area contributed by atoms with Crippen LogP contribution in [-0.4, -0.2) is 15.3 Å². The first-order valence-electron chi connectivity index (χ1n) is 7.32. The van der Waals surface area contributed by atoms with E-state index in [1.54, 1.807) is 42.5 Å². The Kier molecular flexibility index (Phi) is 4.58. The molecule has 3 nitrogen and oxygen atoms in total. The molecular weight excluding hydrogens is 368 g/mol. The van der Waals surface area contributed by atoms with Gasteiger partial charge in [-0.1, -0.05) is 36.4 Å². The van der Waals surface area contributed by atoms with Crippen LogP contribution in [0.4, 0.5) is 0 Å². The van der Waals surface area contributed by atoms with E-state index in [1.165, 1.54) is 0 Å². The van der Waals surface area contributed by atoms with Crippen LogP contribution in [0.1, 0.15) is 16.7 Å². The molecule has 3 aromatic carbocycles. The van der Waals surface area contributed by atoms with E-state index in [2.05, 4.69) is 15.9 Å². The van der Waals surface area contributed by atoms with Crippen molar-refractivity contribution in [2.75, 3.05) is 0 Å². The van der Waals surface area contributed by atoms with Gasteiger partial charge in [-0.2, -0.15) is 0 Å². The molecule has 0 aliphatic carbocycles. The third-order valence-corrected chi connectivity index (χ3v) is 4.49. The molecule has 0 aliphatic rings. The minimum absolute atomic E-state index is 0.181. The van der Waals surface area contributed by atoms with Crippen molar-refractivity contribution >= 4 is 26.0 Å². The zero-order valence-electron chi connectivity index (χ0n) is 12.6. The SMILES string of the molecule is Oc1ccc(C(=C(Br)c2cccc(O)c2)c2ccc(O)cc2)cc1. The van der Waals surface area contributed by atoms with Gasteiger partial charge in [0.1, 0.15) is 17.2 Å². The van der Waals surface area contributed by atoms with Gasteiger partial charge in [-0.25, -0.2) is 0 Å². The van der Waals surface area contributed by atoms with Crippen molar-refractivity contribution in [3.8, 4) is 17.2 Å². The molecule has 0 unspecified atom stereocenters. The fraction of sp³-hybridized carbons (Fsp3) is 0. The van der Waals surface area contributed by atoms with Gasteiger partial charge < -0.3 is 15.3 Å². The number of phenolic OH excluding ortho intramolecular Hbond substituents is 3. The molecule has 3 rings (SSSR count). The molecule has 0 atom stereocenters. The van der Waals surface area contributed by atoms with E-state index in [0.717, 1.165) is 26.7 Å². The number of rotatable bonds is 3. The monoisotopic (exact) mass is 382 g/mol. The Balaban J connectivity index is 2.23. The Morgan fingerprint density at radius 3 is 1.54 bits per heavy atom. The Morgan fingerprint density at radius 1 is 0.583 bits per heavy atom. The van der Waals surface area contributed by atoms with Gasteiger partial charge in [0, 0.05) is 10.1 Å². The number of benzene rings is 3. The summed E-state index contributed by atoms with van der Waals surface area (Å²) >= 11 is 3.64. The summed E-state index contributed by atoms with van der Waals surface area (Å²) in [4.78, 5) is 0. The number of hydrogen-bond acceptors (Lipinski definition) is 3. The highest BCUT2D eigenvalue weighted by atomic mass is 79.9. The van der Waals surface area contributed by atoms with Crippen LogP contribution in [0.5, 0.6) is 17.2 Å². The number of aromatic hydroxyl groups is 3. The first kappa shape index (κ1) is 16.1. The first-order chi connectivity index (χ1) is 11.5. The minimum atomic E-state index is 0.181. The smallest absolute Gasteiger partial charge is 0.116 e. The third-order valence-electron chi connectivity index (χ3n) is 3.63. The molecule has 0 aromatic heterocycles. The molecule has 4 heteroatoms. The molecule has 0 aliphatic heterocycles. The van der Waals surface area contributed by atoms with Gasteiger partial charge in [-0.3, -0.25) is 0 Å². The normalized spacial score (nSPS) is 10.4. The maximum absolute atomic E-state index is 9.75. The summed E-state index contributed by atoms with van der Waals surface area (Å²) in [5, 5.41) is 28.8. The molecule has 0 saturated carbocycles. The van der Waals surface area contributed by atoms with Crippen LogP contribution in [0, 0.1) is 0 Å². The molecule has 0 saturated heterocycles. The van der Waals surface area contributed by atoms with E-state index < -0.39 is 0 Å². The van der Waals surface area contributed by atoms with Crippen molar-refractivity contribution in [3.05, 3.63) is 89.5 Å². The molecule has 0 heterocycles. The molecule has 0 fully saturated rings. The molecule has 120 valence electrons. The quantitative estimate of drug-likeness (QED) is 0.551. The predicted octanol–water partition coefficient (Wildman–Crippen LogP) is 5.11. The van der Waals surface area contributed by atoms with Crippen LogP contribution >= 0.6 is 15.9 Å². The Bertz CT molecular complexity index is 834. The topological polar surface area (TPSA) is 60.7 Å². The lowest BCUT2D eigenvalue weighted by atomic mass is 9.95. The number of halogens is 1. The van der Waals surface area contributed by atoms with Crippen LogP contribution in [0.2, 0.25) is 0 Å². The van der Waals surface area contributed by atoms with E-state index in [-0.39, 0.29) is 17.2 Å². The molecule has 3 N–H and O–H groups in total. The predicted molar refractivity (Wildman–Crippen MR) is 99.2 cm³/mol. The summed E-state index contributed by atoms with van der Waals surface area (Å²) in [6.07, 6.45) is 0. The summed E-state index contributed by atoms with van der Waals surface area (Å²) in [6, 6.07) is 20.7. The van der Waals surface area contributed by atoms with Crippen LogP contribution in [0.25, 0.3) is 10.1 Å². The van der Waals surface area contributed by atoms with Crippen molar-refractivity contribution in [2.24, 2.45) is 0 Å². The molecule has 0 spiro atoms. The fourth-order valence-electron chi connectivity index (χ4n) is 2.46. The van der Waals surface area contributed by atoms with Gasteiger partial charge in [-0.15, -0.1) is 0 Å². The fourth-order valence-corrected chi connectivity index (χ4v) is 3.17. The van der Waals surface area contributed by atoms with Gasteiger partial charge in [0.2, 0.25) is 0 Å². The molecule has 24 heavy (non-hydrogen) atoms. The highest BCUT2D eigenvalue weighted by Crippen LogP contribution is 2.37. The summed E-state index contributed by atoms with van der Waals surface area (Å²) in [5.74, 6) is 0.565. The second-order valence-corrected chi connectivity index (χ2v) is 6.13. The summed E-state index contributed by atoms with van der Waals surface area (Å²) in [5.41, 5.74) is 3.51. The lowest BCUT2D eigenvalue weighted by Gasteiger charge is -2.13. The highest BCUT2D eigenvalue weighted by molar-refractivity contribution is 9.15. The lowest BCUT2D eigenvalue weighted by molar-refractivity contribution is 0.474. The van der Waals surface area contributed by atoms with Gasteiger partial charge in [0.25, 0.3) is 0 Å². The lowest BCUT2D eigenvalue weighted by Crippen LogP contribution is -1.91. The zero-order chi connectivity index (χ0) is 17.1. The maximum atomic E-state index is 9.75. The number of hydrogen-bond donors (Lipinski definition) is 3. The second-order valence-electron chi connectivity index (χ2n) is 5.33. The molecule has 0 bridgehead atoms. The molecular formula is C20H15BrO3.